The maximum Gasteiger partial charge on any atom is 0.380 e. The number of nitrogens with one attached hydrogen (secondary N) is 1. The molecule has 4 nitrogen and oxygen atoms in total. The molecular weight excluding hydrogens is 225 g/mol. The maximum atomic E-state index is 5.99. The zero-order valence-corrected chi connectivity index (χ0v) is 10.5. The summed E-state index contributed by atoms with van der Waals surface area (Å²) < 4.78 is 9.56. The Kier molecular flexibility index (Phi) is 28.8. The molecule has 60 valence electrons. The van der Waals surface area contributed by atoms with Gasteiger partial charge in [0.1, 0.15) is 0 Å². The molecule has 3 N–H and O–H groups in total. The molecule has 0 aromatic rings. The van der Waals surface area contributed by atoms with Crippen LogP contribution in [0.2, 0.25) is 6.55 Å². The van der Waals surface area contributed by atoms with E-state index in [1.165, 1.54) is 0 Å². The fraction of sp³-hybridized carbons (Fsp3) is 1.00. The molecule has 0 aromatic heterocycles. The van der Waals surface area contributed by atoms with E-state index in [9.17, 15) is 0 Å². The van der Waals surface area contributed by atoms with Gasteiger partial charge in [0.05, 0.1) is 0 Å². The Labute approximate surface area is 89.4 Å². The van der Waals surface area contributed by atoms with Gasteiger partial charge < -0.3 is 20.3 Å². The zero-order chi connectivity index (χ0) is 7.70. The van der Waals surface area contributed by atoms with E-state index in [-0.39, 0.29) is 39.4 Å². The van der Waals surface area contributed by atoms with Crippen LogP contribution in [0.5, 0.6) is 0 Å². The average Bonchev–Trinajstić information content (AvgIpc) is 1.88. The largest absolute Gasteiger partial charge is 0.665 e. The first kappa shape index (κ1) is 17.3. The molecule has 0 unspecified atom stereocenters. The van der Waals surface area contributed by atoms with Gasteiger partial charge in [-0.1, -0.05) is 0 Å². The quantitative estimate of drug-likeness (QED) is 0.707. The molecule has 0 bridgehead atoms. The van der Waals surface area contributed by atoms with Gasteiger partial charge in [-0.2, -0.15) is 0 Å². The normalized spacial score (nSPS) is 7.80. The molecular formula is C4H14N2O2SiY-. The molecule has 0 amide bonds. The molecule has 10 heavy (non-hydrogen) atoms. The fourth-order valence-corrected chi connectivity index (χ4v) is 0.250. The first-order valence-electron chi connectivity index (χ1n) is 2.49. The summed E-state index contributed by atoms with van der Waals surface area (Å²) in [6.07, 6.45) is 0. The van der Waals surface area contributed by atoms with E-state index in [0.29, 0.717) is 0 Å². The molecule has 0 spiro atoms. The summed E-state index contributed by atoms with van der Waals surface area (Å²) in [4.78, 5) is 0. The minimum Gasteiger partial charge on any atom is -0.665 e. The van der Waals surface area contributed by atoms with Crippen molar-refractivity contribution in [2.75, 3.05) is 20.9 Å². The van der Waals surface area contributed by atoms with Crippen LogP contribution in [0, 0.1) is 0 Å². The fourth-order valence-electron chi connectivity index (χ4n) is 0.0833. The van der Waals surface area contributed by atoms with Crippen LogP contribution in [0.1, 0.15) is 0 Å². The van der Waals surface area contributed by atoms with Crippen molar-refractivity contribution >= 4 is 9.28 Å². The van der Waals surface area contributed by atoms with Crippen LogP contribution < -0.4 is 5.73 Å². The van der Waals surface area contributed by atoms with E-state index in [1.54, 1.807) is 14.2 Å². The first-order chi connectivity index (χ1) is 4.22. The molecule has 0 saturated heterocycles. The third kappa shape index (κ3) is 22.9. The predicted octanol–water partition coefficient (Wildman–Crippen LogP) is 0.350. The van der Waals surface area contributed by atoms with Crippen molar-refractivity contribution in [1.29, 1.82) is 0 Å². The van der Waals surface area contributed by atoms with Gasteiger partial charge in [0.25, 0.3) is 0 Å². The SMILES string of the molecule is CO[Si](C)OC.[NH-]CN.[Y]. The van der Waals surface area contributed by atoms with E-state index in [1.807, 2.05) is 6.55 Å². The van der Waals surface area contributed by atoms with Crippen LogP contribution in [0.3, 0.4) is 0 Å². The third-order valence-electron chi connectivity index (χ3n) is 0.575. The molecule has 0 fully saturated rings. The number of nitrogens with two attached hydrogens (primary N) is 1. The molecule has 0 aliphatic rings. The molecule has 0 aliphatic carbocycles. The second-order valence-electron chi connectivity index (χ2n) is 1.10. The Bertz CT molecular complexity index is 48.2. The second kappa shape index (κ2) is 16.6. The Hall–Kier alpha value is 1.16. The van der Waals surface area contributed by atoms with Gasteiger partial charge in [-0.3, -0.25) is 0 Å². The van der Waals surface area contributed by atoms with Crippen molar-refractivity contribution in [1.82, 2.24) is 0 Å². The summed E-state index contributed by atoms with van der Waals surface area (Å²) >= 11 is 0. The van der Waals surface area contributed by atoms with Crippen molar-refractivity contribution in [3.8, 4) is 0 Å². The first-order valence-corrected chi connectivity index (χ1v) is 4.30. The van der Waals surface area contributed by atoms with Crippen molar-refractivity contribution in [2.45, 2.75) is 6.55 Å². The molecule has 6 heteroatoms. The summed E-state index contributed by atoms with van der Waals surface area (Å²) in [5.41, 5.74) is 10.5. The van der Waals surface area contributed by atoms with Crippen molar-refractivity contribution in [3.05, 3.63) is 5.73 Å². The van der Waals surface area contributed by atoms with Gasteiger partial charge >= 0.3 is 9.28 Å². The minimum absolute atomic E-state index is 0. The summed E-state index contributed by atoms with van der Waals surface area (Å²) in [6.45, 7) is 1.94. The Morgan fingerprint density at radius 2 is 1.60 bits per heavy atom. The van der Waals surface area contributed by atoms with E-state index in [4.69, 9.17) is 14.6 Å². The topological polar surface area (TPSA) is 68.3 Å². The third-order valence-corrected chi connectivity index (χ3v) is 1.72. The summed E-state index contributed by atoms with van der Waals surface area (Å²) in [7, 11) is 2.43. The van der Waals surface area contributed by atoms with Crippen LogP contribution in [-0.4, -0.2) is 30.2 Å². The second-order valence-corrected chi connectivity index (χ2v) is 2.90. The van der Waals surface area contributed by atoms with Gasteiger partial charge in [0.2, 0.25) is 0 Å². The Morgan fingerprint density at radius 1 is 1.40 bits per heavy atom. The standard InChI is InChI=1S/C3H9O2Si.CH5N2.Y/c1-4-6(3)5-2;2-1-3;/h1-3H3;2H,1,3H2;/q;-1;. The van der Waals surface area contributed by atoms with Gasteiger partial charge in [0, 0.05) is 46.9 Å². The Morgan fingerprint density at radius 3 is 1.60 bits per heavy atom. The Balaban J connectivity index is -0.000000107. The van der Waals surface area contributed by atoms with Gasteiger partial charge in [-0.15, -0.1) is 6.67 Å². The van der Waals surface area contributed by atoms with E-state index in [2.05, 4.69) is 5.73 Å². The monoisotopic (exact) mass is 239 g/mol. The molecule has 0 heterocycles. The molecule has 2 radical (unpaired) electrons. The van der Waals surface area contributed by atoms with E-state index in [0.717, 1.165) is 0 Å². The molecule has 0 saturated carbocycles. The van der Waals surface area contributed by atoms with E-state index < -0.39 is 9.28 Å². The minimum atomic E-state index is -0.868. The van der Waals surface area contributed by atoms with Crippen LogP contribution in [0.25, 0.3) is 5.73 Å². The predicted molar refractivity (Wildman–Crippen MR) is 39.0 cm³/mol. The van der Waals surface area contributed by atoms with Gasteiger partial charge in [-0.25, -0.2) is 0 Å². The van der Waals surface area contributed by atoms with Gasteiger partial charge in [-0.05, 0) is 6.55 Å². The molecule has 0 atom stereocenters. The van der Waals surface area contributed by atoms with Crippen LogP contribution >= 0.6 is 0 Å². The van der Waals surface area contributed by atoms with Crippen LogP contribution in [0.15, 0.2) is 0 Å². The molecule has 0 aliphatic heterocycles. The van der Waals surface area contributed by atoms with Crippen LogP contribution in [-0.2, 0) is 41.6 Å². The van der Waals surface area contributed by atoms with Crippen LogP contribution in [0.4, 0.5) is 0 Å². The number of hydrogen-bond acceptors (Lipinski definition) is 3. The number of hydrogen-bond donors (Lipinski definition) is 1. The summed E-state index contributed by atoms with van der Waals surface area (Å²) in [5, 5.41) is 0. The van der Waals surface area contributed by atoms with Crippen molar-refractivity contribution < 1.29 is 41.6 Å². The smallest absolute Gasteiger partial charge is 0.380 e. The van der Waals surface area contributed by atoms with Crippen molar-refractivity contribution in [2.24, 2.45) is 5.73 Å². The van der Waals surface area contributed by atoms with Gasteiger partial charge in [0.15, 0.2) is 0 Å². The van der Waals surface area contributed by atoms with Crippen molar-refractivity contribution in [3.63, 3.8) is 0 Å². The van der Waals surface area contributed by atoms with E-state index >= 15 is 0 Å². The maximum absolute atomic E-state index is 5.99. The average molecular weight is 239 g/mol. The summed E-state index contributed by atoms with van der Waals surface area (Å²) in [6, 6.07) is 0. The molecule has 0 aromatic carbocycles. The molecule has 0 rings (SSSR count). The summed E-state index contributed by atoms with van der Waals surface area (Å²) in [5.74, 6) is 0. The zero-order valence-electron chi connectivity index (χ0n) is 6.68. The number of rotatable bonds is 2.